The van der Waals surface area contributed by atoms with E-state index < -0.39 is 21.3 Å². The van der Waals surface area contributed by atoms with Gasteiger partial charge in [0.05, 0.1) is 17.0 Å². The molecule has 150 valence electrons. The lowest BCUT2D eigenvalue weighted by molar-refractivity contribution is -0.131. The van der Waals surface area contributed by atoms with Crippen molar-refractivity contribution in [1.82, 2.24) is 15.2 Å². The van der Waals surface area contributed by atoms with Gasteiger partial charge in [0.2, 0.25) is 15.9 Å². The summed E-state index contributed by atoms with van der Waals surface area (Å²) >= 11 is 0. The highest BCUT2D eigenvalue weighted by Crippen LogP contribution is 2.40. The Balaban J connectivity index is 1.28. The normalized spacial score (nSPS) is 25.5. The van der Waals surface area contributed by atoms with E-state index in [1.54, 1.807) is 18.2 Å². The van der Waals surface area contributed by atoms with Crippen LogP contribution in [-0.2, 0) is 14.8 Å². The number of nitrogens with zero attached hydrogens (tertiary/aromatic N) is 2. The van der Waals surface area contributed by atoms with Gasteiger partial charge in [-0.1, -0.05) is 0 Å². The zero-order valence-electron chi connectivity index (χ0n) is 15.6. The summed E-state index contributed by atoms with van der Waals surface area (Å²) in [5.74, 6) is 1.16. The van der Waals surface area contributed by atoms with Crippen molar-refractivity contribution in [2.75, 3.05) is 24.4 Å². The van der Waals surface area contributed by atoms with Crippen LogP contribution in [0.25, 0.3) is 11.1 Å². The first-order chi connectivity index (χ1) is 13.5. The van der Waals surface area contributed by atoms with Crippen LogP contribution in [0.4, 0.5) is 5.69 Å². The molecule has 3 fully saturated rings. The van der Waals surface area contributed by atoms with E-state index in [4.69, 9.17) is 4.42 Å². The number of anilines is 1. The molecule has 8 nitrogen and oxygen atoms in total. The zero-order chi connectivity index (χ0) is 19.3. The van der Waals surface area contributed by atoms with E-state index in [-0.39, 0.29) is 12.5 Å². The number of benzene rings is 1. The van der Waals surface area contributed by atoms with Crippen LogP contribution in [0.2, 0.25) is 0 Å². The molecule has 2 aliphatic heterocycles. The summed E-state index contributed by atoms with van der Waals surface area (Å²) in [6.07, 6.45) is 4.53. The van der Waals surface area contributed by atoms with Gasteiger partial charge in [0.25, 0.3) is 0 Å². The molecule has 0 spiro atoms. The SMILES string of the molecule is O=C(C1CC(S(=O)(=O)Nc2ccc3oc(C4CC4)nc3c2)CN1)N1CCCC1. The fourth-order valence-corrected chi connectivity index (χ4v) is 5.43. The number of carbonyl (C=O) groups is 1. The number of amides is 1. The second-order valence-electron chi connectivity index (χ2n) is 8.01. The molecule has 1 aromatic heterocycles. The summed E-state index contributed by atoms with van der Waals surface area (Å²) < 4.78 is 34.0. The summed E-state index contributed by atoms with van der Waals surface area (Å²) in [5.41, 5.74) is 1.80. The molecule has 0 bridgehead atoms. The van der Waals surface area contributed by atoms with Crippen LogP contribution < -0.4 is 10.0 Å². The van der Waals surface area contributed by atoms with Crippen molar-refractivity contribution in [3.05, 3.63) is 24.1 Å². The molecule has 3 aliphatic rings. The highest BCUT2D eigenvalue weighted by Gasteiger charge is 2.39. The van der Waals surface area contributed by atoms with Gasteiger partial charge in [-0.3, -0.25) is 9.52 Å². The maximum absolute atomic E-state index is 12.8. The highest BCUT2D eigenvalue weighted by atomic mass is 32.2. The Kier molecular flexibility index (Phi) is 4.31. The van der Waals surface area contributed by atoms with E-state index in [1.165, 1.54) is 0 Å². The zero-order valence-corrected chi connectivity index (χ0v) is 16.4. The molecular formula is C19H24N4O4S. The van der Waals surface area contributed by atoms with E-state index >= 15 is 0 Å². The van der Waals surface area contributed by atoms with Gasteiger partial charge in [0.15, 0.2) is 11.5 Å². The number of hydrogen-bond acceptors (Lipinski definition) is 6. The van der Waals surface area contributed by atoms with Crippen LogP contribution >= 0.6 is 0 Å². The van der Waals surface area contributed by atoms with Crippen molar-refractivity contribution in [1.29, 1.82) is 0 Å². The molecule has 1 amide bonds. The van der Waals surface area contributed by atoms with Gasteiger partial charge in [-0.05, 0) is 50.3 Å². The molecule has 2 unspecified atom stereocenters. The Bertz CT molecular complexity index is 1010. The van der Waals surface area contributed by atoms with E-state index in [0.717, 1.165) is 44.7 Å². The number of oxazole rings is 1. The van der Waals surface area contributed by atoms with Crippen LogP contribution in [0.1, 0.15) is 43.9 Å². The molecule has 1 saturated carbocycles. The molecule has 5 rings (SSSR count). The average molecular weight is 404 g/mol. The van der Waals surface area contributed by atoms with Crippen molar-refractivity contribution in [2.24, 2.45) is 0 Å². The minimum atomic E-state index is -3.61. The van der Waals surface area contributed by atoms with Gasteiger partial charge in [0.1, 0.15) is 5.52 Å². The van der Waals surface area contributed by atoms with E-state index in [1.807, 2.05) is 4.90 Å². The maximum Gasteiger partial charge on any atom is 0.239 e. The first-order valence-electron chi connectivity index (χ1n) is 9.94. The Morgan fingerprint density at radius 3 is 2.79 bits per heavy atom. The Morgan fingerprint density at radius 1 is 1.25 bits per heavy atom. The smallest absolute Gasteiger partial charge is 0.239 e. The monoisotopic (exact) mass is 404 g/mol. The summed E-state index contributed by atoms with van der Waals surface area (Å²) in [7, 11) is -3.61. The molecule has 2 atom stereocenters. The number of likely N-dealkylation sites (tertiary alicyclic amines) is 1. The molecule has 9 heteroatoms. The molecule has 28 heavy (non-hydrogen) atoms. The number of nitrogens with one attached hydrogen (secondary N) is 2. The third kappa shape index (κ3) is 3.37. The molecule has 0 radical (unpaired) electrons. The van der Waals surface area contributed by atoms with Gasteiger partial charge in [0, 0.05) is 25.6 Å². The Hall–Kier alpha value is -2.13. The van der Waals surface area contributed by atoms with Gasteiger partial charge in [-0.2, -0.15) is 0 Å². The molecule has 3 heterocycles. The van der Waals surface area contributed by atoms with Crippen molar-refractivity contribution in [2.45, 2.75) is 49.3 Å². The molecule has 2 saturated heterocycles. The van der Waals surface area contributed by atoms with Gasteiger partial charge in [-0.25, -0.2) is 13.4 Å². The minimum absolute atomic E-state index is 0.0202. The molecule has 2 N–H and O–H groups in total. The third-order valence-electron chi connectivity index (χ3n) is 5.84. The molecule has 2 aromatic rings. The lowest BCUT2D eigenvalue weighted by atomic mass is 10.2. The average Bonchev–Trinajstić information content (AvgIpc) is 3.09. The van der Waals surface area contributed by atoms with Crippen LogP contribution in [0.5, 0.6) is 0 Å². The Morgan fingerprint density at radius 2 is 2.04 bits per heavy atom. The van der Waals surface area contributed by atoms with Crippen molar-refractivity contribution >= 4 is 32.7 Å². The largest absolute Gasteiger partial charge is 0.440 e. The second-order valence-corrected chi connectivity index (χ2v) is 9.97. The molecular weight excluding hydrogens is 380 g/mol. The summed E-state index contributed by atoms with van der Waals surface area (Å²) in [6, 6.07) is 4.73. The van der Waals surface area contributed by atoms with Crippen molar-refractivity contribution < 1.29 is 17.6 Å². The number of rotatable bonds is 5. The summed E-state index contributed by atoms with van der Waals surface area (Å²) in [6.45, 7) is 1.82. The summed E-state index contributed by atoms with van der Waals surface area (Å²) in [4.78, 5) is 18.8. The van der Waals surface area contributed by atoms with Crippen molar-refractivity contribution in [3.8, 4) is 0 Å². The predicted octanol–water partition coefficient (Wildman–Crippen LogP) is 1.80. The number of aromatic nitrogens is 1. The van der Waals surface area contributed by atoms with Crippen LogP contribution in [0.15, 0.2) is 22.6 Å². The van der Waals surface area contributed by atoms with Gasteiger partial charge < -0.3 is 14.6 Å². The first kappa shape index (κ1) is 17.9. The fraction of sp³-hybridized carbons (Fsp3) is 0.579. The first-order valence-corrected chi connectivity index (χ1v) is 11.5. The minimum Gasteiger partial charge on any atom is -0.440 e. The third-order valence-corrected chi connectivity index (χ3v) is 7.59. The van der Waals surface area contributed by atoms with Crippen LogP contribution in [0, 0.1) is 0 Å². The van der Waals surface area contributed by atoms with Gasteiger partial charge in [-0.15, -0.1) is 0 Å². The predicted molar refractivity (Wildman–Crippen MR) is 105 cm³/mol. The maximum atomic E-state index is 12.8. The lowest BCUT2D eigenvalue weighted by Crippen LogP contribution is -2.42. The van der Waals surface area contributed by atoms with E-state index in [2.05, 4.69) is 15.0 Å². The number of sulfonamides is 1. The quantitative estimate of drug-likeness (QED) is 0.787. The van der Waals surface area contributed by atoms with Gasteiger partial charge >= 0.3 is 0 Å². The van der Waals surface area contributed by atoms with E-state index in [0.29, 0.717) is 29.1 Å². The van der Waals surface area contributed by atoms with Crippen LogP contribution in [-0.4, -0.2) is 55.1 Å². The molecule has 1 aromatic carbocycles. The van der Waals surface area contributed by atoms with E-state index in [9.17, 15) is 13.2 Å². The van der Waals surface area contributed by atoms with Crippen LogP contribution in [0.3, 0.4) is 0 Å². The fourth-order valence-electron chi connectivity index (χ4n) is 4.05. The number of hydrogen-bond donors (Lipinski definition) is 2. The Labute approximate surface area is 163 Å². The topological polar surface area (TPSA) is 105 Å². The second kappa shape index (κ2) is 6.73. The standard InChI is InChI=1S/C19H24N4O4S/c24-19(23-7-1-2-8-23)16-10-14(11-20-16)28(25,26)22-13-5-6-17-15(9-13)21-18(27-17)12-3-4-12/h5-6,9,12,14,16,20,22H,1-4,7-8,10-11H2. The highest BCUT2D eigenvalue weighted by molar-refractivity contribution is 7.93. The van der Waals surface area contributed by atoms with Crippen molar-refractivity contribution in [3.63, 3.8) is 0 Å². The molecule has 1 aliphatic carbocycles. The summed E-state index contributed by atoms with van der Waals surface area (Å²) in [5, 5.41) is 2.45. The lowest BCUT2D eigenvalue weighted by Gasteiger charge is -2.20. The number of fused-ring (bicyclic) bond motifs is 1. The number of carbonyl (C=O) groups excluding carboxylic acids is 1.